The van der Waals surface area contributed by atoms with Crippen LogP contribution in [0.3, 0.4) is 0 Å². The molecule has 0 aromatic heterocycles. The van der Waals surface area contributed by atoms with Crippen molar-refractivity contribution in [3.8, 4) is 0 Å². The lowest BCUT2D eigenvalue weighted by molar-refractivity contribution is -0.137. The quantitative estimate of drug-likeness (QED) is 0.155. The minimum absolute atomic E-state index is 0.0232. The van der Waals surface area contributed by atoms with Crippen molar-refractivity contribution in [3.05, 3.63) is 0 Å². The van der Waals surface area contributed by atoms with E-state index in [9.17, 15) is 24.3 Å². The number of carbonyl (C=O) groups excluding carboxylic acids is 3. The minimum Gasteiger partial charge on any atom is -0.481 e. The normalized spacial score (nSPS) is 12.8. The third-order valence-electron chi connectivity index (χ3n) is 4.26. The van der Waals surface area contributed by atoms with Crippen LogP contribution in [0.4, 0.5) is 14.4 Å². The Morgan fingerprint density at radius 2 is 1.27 bits per heavy atom. The molecule has 3 amide bonds. The van der Waals surface area contributed by atoms with Gasteiger partial charge in [-0.3, -0.25) is 4.79 Å². The molecule has 0 aromatic rings. The van der Waals surface area contributed by atoms with E-state index in [1.807, 2.05) is 0 Å². The van der Waals surface area contributed by atoms with Crippen molar-refractivity contribution in [2.75, 3.05) is 19.6 Å². The summed E-state index contributed by atoms with van der Waals surface area (Å²) < 4.78 is 15.9. The summed E-state index contributed by atoms with van der Waals surface area (Å²) >= 11 is 0. The van der Waals surface area contributed by atoms with Crippen LogP contribution in [0.15, 0.2) is 0 Å². The van der Waals surface area contributed by atoms with Gasteiger partial charge >= 0.3 is 24.2 Å². The fourth-order valence-electron chi connectivity index (χ4n) is 2.88. The van der Waals surface area contributed by atoms with Crippen LogP contribution >= 0.6 is 0 Å². The lowest BCUT2D eigenvalue weighted by Gasteiger charge is -2.29. The summed E-state index contributed by atoms with van der Waals surface area (Å²) in [5.74, 6) is -1.10. The number of hydrogen-bond acceptors (Lipinski definition) is 8. The third kappa shape index (κ3) is 21.1. The second-order valence-electron chi connectivity index (χ2n) is 11.8. The molecule has 0 saturated carbocycles. The van der Waals surface area contributed by atoms with Gasteiger partial charge in [0, 0.05) is 19.6 Å². The standard InChI is InChI=1S/C25H48N4O8/c1-23(2,3)35-20(32)26-14-12-10-11-13-15-29(22(34)37-25(7,8)9)27-17-18(16-19(30)31)28-21(33)36-24(4,5)6/h18,27H,10-17H2,1-9H3,(H,26,32)(H,28,33)(H,30,31)/t18-/m0/s1. The van der Waals surface area contributed by atoms with Crippen molar-refractivity contribution in [3.63, 3.8) is 0 Å². The molecule has 1 atom stereocenters. The second kappa shape index (κ2) is 15.5. The number of rotatable bonds is 13. The van der Waals surface area contributed by atoms with Gasteiger partial charge in [0.15, 0.2) is 0 Å². The molecule has 0 aliphatic heterocycles. The van der Waals surface area contributed by atoms with Gasteiger partial charge in [0.2, 0.25) is 0 Å². The average Bonchev–Trinajstić information content (AvgIpc) is 2.64. The van der Waals surface area contributed by atoms with Crippen LogP contribution in [0.25, 0.3) is 0 Å². The summed E-state index contributed by atoms with van der Waals surface area (Å²) in [6.45, 7) is 16.5. The van der Waals surface area contributed by atoms with Crippen LogP contribution in [0.1, 0.15) is 94.4 Å². The molecule has 0 rings (SSSR count). The maximum atomic E-state index is 12.7. The number of carboxylic acids is 1. The molecule has 0 fully saturated rings. The average molecular weight is 533 g/mol. The number of carbonyl (C=O) groups is 4. The van der Waals surface area contributed by atoms with Gasteiger partial charge in [-0.1, -0.05) is 12.8 Å². The molecule has 37 heavy (non-hydrogen) atoms. The van der Waals surface area contributed by atoms with Gasteiger partial charge in [-0.15, -0.1) is 0 Å². The summed E-state index contributed by atoms with van der Waals surface area (Å²) in [5.41, 5.74) is 0.896. The van der Waals surface area contributed by atoms with Crippen LogP contribution in [0, 0.1) is 0 Å². The molecule has 0 radical (unpaired) electrons. The Kier molecular flexibility index (Phi) is 14.3. The molecule has 12 nitrogen and oxygen atoms in total. The van der Waals surface area contributed by atoms with Gasteiger partial charge in [-0.05, 0) is 75.2 Å². The zero-order valence-electron chi connectivity index (χ0n) is 24.0. The number of hydrazine groups is 1. The summed E-state index contributed by atoms with van der Waals surface area (Å²) in [4.78, 5) is 47.8. The second-order valence-corrected chi connectivity index (χ2v) is 11.8. The number of carboxylic acid groups (broad SMARTS) is 1. The van der Waals surface area contributed by atoms with Crippen molar-refractivity contribution in [2.24, 2.45) is 0 Å². The Labute approximate surface area is 221 Å². The largest absolute Gasteiger partial charge is 0.481 e. The van der Waals surface area contributed by atoms with E-state index in [4.69, 9.17) is 14.2 Å². The molecule has 216 valence electrons. The van der Waals surface area contributed by atoms with Crippen molar-refractivity contribution >= 4 is 24.2 Å². The van der Waals surface area contributed by atoms with Crippen molar-refractivity contribution in [2.45, 2.75) is 117 Å². The summed E-state index contributed by atoms with van der Waals surface area (Å²) in [6, 6.07) is -0.823. The van der Waals surface area contributed by atoms with Gasteiger partial charge in [0.05, 0.1) is 12.5 Å². The van der Waals surface area contributed by atoms with E-state index in [0.29, 0.717) is 19.5 Å². The summed E-state index contributed by atoms with van der Waals surface area (Å²) in [7, 11) is 0. The number of nitrogens with one attached hydrogen (secondary N) is 3. The van der Waals surface area contributed by atoms with Crippen LogP contribution < -0.4 is 16.1 Å². The van der Waals surface area contributed by atoms with Gasteiger partial charge in [-0.25, -0.2) is 24.8 Å². The molecular weight excluding hydrogens is 484 g/mol. The number of hydrogen-bond donors (Lipinski definition) is 4. The van der Waals surface area contributed by atoms with Gasteiger partial charge in [0.25, 0.3) is 0 Å². The van der Waals surface area contributed by atoms with E-state index in [1.54, 1.807) is 62.3 Å². The Morgan fingerprint density at radius 3 is 1.78 bits per heavy atom. The third-order valence-corrected chi connectivity index (χ3v) is 4.26. The van der Waals surface area contributed by atoms with E-state index >= 15 is 0 Å². The van der Waals surface area contributed by atoms with E-state index in [0.717, 1.165) is 19.3 Å². The van der Waals surface area contributed by atoms with E-state index in [1.165, 1.54) is 5.01 Å². The molecule has 0 saturated heterocycles. The van der Waals surface area contributed by atoms with E-state index < -0.39 is 47.1 Å². The Hall–Kier alpha value is -2.76. The maximum absolute atomic E-state index is 12.7. The van der Waals surface area contributed by atoms with Crippen LogP contribution in [-0.2, 0) is 19.0 Å². The lowest BCUT2D eigenvalue weighted by atomic mass is 10.2. The fourth-order valence-corrected chi connectivity index (χ4v) is 2.88. The van der Waals surface area contributed by atoms with Gasteiger partial charge in [-0.2, -0.15) is 0 Å². The molecule has 0 spiro atoms. The SMILES string of the molecule is CC(C)(C)OC(=O)NCCCCCCN(NC[C@H](CC(=O)O)NC(=O)OC(C)(C)C)C(=O)OC(C)(C)C. The molecule has 0 aliphatic carbocycles. The van der Waals surface area contributed by atoms with Gasteiger partial charge < -0.3 is 30.0 Å². The first kappa shape index (κ1) is 34.2. The lowest BCUT2D eigenvalue weighted by Crippen LogP contribution is -2.52. The Bertz CT molecular complexity index is 738. The highest BCUT2D eigenvalue weighted by Crippen LogP contribution is 2.11. The van der Waals surface area contributed by atoms with E-state index in [2.05, 4.69) is 16.1 Å². The minimum atomic E-state index is -1.10. The number of unbranched alkanes of at least 4 members (excludes halogenated alkanes) is 3. The monoisotopic (exact) mass is 532 g/mol. The smallest absolute Gasteiger partial charge is 0.424 e. The van der Waals surface area contributed by atoms with Gasteiger partial charge in [0.1, 0.15) is 16.8 Å². The first-order valence-electron chi connectivity index (χ1n) is 12.7. The predicted molar refractivity (Wildman–Crippen MR) is 139 cm³/mol. The maximum Gasteiger partial charge on any atom is 0.424 e. The highest BCUT2D eigenvalue weighted by Gasteiger charge is 2.25. The zero-order valence-corrected chi connectivity index (χ0v) is 24.0. The molecule has 0 heterocycles. The van der Waals surface area contributed by atoms with Crippen LogP contribution in [0.5, 0.6) is 0 Å². The molecule has 0 unspecified atom stereocenters. The summed E-state index contributed by atoms with van der Waals surface area (Å²) in [6.07, 6.45) is 0.824. The molecular formula is C25H48N4O8. The molecule has 4 N–H and O–H groups in total. The summed E-state index contributed by atoms with van der Waals surface area (Å²) in [5, 5.41) is 15.8. The predicted octanol–water partition coefficient (Wildman–Crippen LogP) is 4.18. The van der Waals surface area contributed by atoms with Crippen LogP contribution in [-0.4, -0.2) is 76.8 Å². The molecule has 0 aromatic carbocycles. The van der Waals surface area contributed by atoms with Crippen molar-refractivity contribution < 1.29 is 38.5 Å². The first-order chi connectivity index (χ1) is 16.8. The van der Waals surface area contributed by atoms with Crippen molar-refractivity contribution in [1.82, 2.24) is 21.1 Å². The van der Waals surface area contributed by atoms with Crippen LogP contribution in [0.2, 0.25) is 0 Å². The highest BCUT2D eigenvalue weighted by molar-refractivity contribution is 5.72. The number of amides is 3. The topological polar surface area (TPSA) is 156 Å². The fraction of sp³-hybridized carbons (Fsp3) is 0.840. The number of aliphatic carboxylic acids is 1. The number of nitrogens with zero attached hydrogens (tertiary/aromatic N) is 1. The zero-order chi connectivity index (χ0) is 28.9. The molecule has 0 aliphatic rings. The highest BCUT2D eigenvalue weighted by atomic mass is 16.6. The Balaban J connectivity index is 4.84. The number of ether oxygens (including phenoxy) is 3. The van der Waals surface area contributed by atoms with Crippen molar-refractivity contribution in [1.29, 1.82) is 0 Å². The Morgan fingerprint density at radius 1 is 0.757 bits per heavy atom. The molecule has 0 bridgehead atoms. The molecule has 12 heteroatoms. The van der Waals surface area contributed by atoms with E-state index in [-0.39, 0.29) is 13.0 Å². The number of alkyl carbamates (subject to hydrolysis) is 2. The first-order valence-corrected chi connectivity index (χ1v) is 12.7.